The fraction of sp³-hybridized carbons (Fsp3) is 0.143. The van der Waals surface area contributed by atoms with Gasteiger partial charge in [-0.05, 0) is 35.7 Å². The first-order chi connectivity index (χ1) is 13.0. The molecule has 0 atom stereocenters. The molecule has 0 saturated carbocycles. The number of hydrogen-bond acceptors (Lipinski definition) is 2. The highest BCUT2D eigenvalue weighted by atomic mass is 35.5. The van der Waals surface area contributed by atoms with Crippen LogP contribution in [0.25, 0.3) is 11.1 Å². The second-order valence-corrected chi connectivity index (χ2v) is 6.75. The molecule has 1 aromatic heterocycles. The normalized spacial score (nSPS) is 15.1. The van der Waals surface area contributed by atoms with Crippen LogP contribution in [0.15, 0.2) is 66.9 Å². The first-order valence-corrected chi connectivity index (χ1v) is 8.85. The maximum atomic E-state index is 14.6. The van der Waals surface area contributed by atoms with Crippen molar-refractivity contribution in [1.82, 2.24) is 9.88 Å². The Morgan fingerprint density at radius 1 is 0.963 bits per heavy atom. The maximum absolute atomic E-state index is 14.6. The van der Waals surface area contributed by atoms with E-state index in [0.717, 1.165) is 16.7 Å². The number of carbonyl (C=O) groups is 1. The van der Waals surface area contributed by atoms with E-state index in [-0.39, 0.29) is 17.7 Å². The third-order valence-electron chi connectivity index (χ3n) is 4.70. The van der Waals surface area contributed by atoms with Crippen molar-refractivity contribution in [2.75, 3.05) is 6.54 Å². The number of pyridine rings is 1. The number of aromatic nitrogens is 1. The van der Waals surface area contributed by atoms with Crippen molar-refractivity contribution in [3.05, 3.63) is 88.7 Å². The smallest absolute Gasteiger partial charge is 0.275 e. The molecule has 2 aromatic carbocycles. The molecule has 6 heteroatoms. The van der Waals surface area contributed by atoms with Crippen LogP contribution in [-0.2, 0) is 12.5 Å². The van der Waals surface area contributed by atoms with Crippen LogP contribution in [-0.4, -0.2) is 22.3 Å². The van der Waals surface area contributed by atoms with Gasteiger partial charge in [0.2, 0.25) is 0 Å². The number of rotatable bonds is 4. The van der Waals surface area contributed by atoms with Crippen molar-refractivity contribution < 1.29 is 13.6 Å². The molecular formula is C21H15ClF2N2O. The van der Waals surface area contributed by atoms with Gasteiger partial charge in [0.15, 0.2) is 0 Å². The fourth-order valence-electron chi connectivity index (χ4n) is 3.24. The Morgan fingerprint density at radius 2 is 1.67 bits per heavy atom. The molecule has 3 nitrogen and oxygen atoms in total. The Hall–Kier alpha value is -2.79. The molecule has 0 fully saturated rings. The number of fused-ring (bicyclic) bond motifs is 1. The van der Waals surface area contributed by atoms with Crippen molar-refractivity contribution in [2.45, 2.75) is 12.5 Å². The SMILES string of the molecule is O=C1c2ccccc2C(F)(F)N1CCc1ccc(-c2ccc(Cl)nc2)cc1. The largest absolute Gasteiger partial charge is 0.355 e. The van der Waals surface area contributed by atoms with Crippen LogP contribution in [0.1, 0.15) is 21.5 Å². The topological polar surface area (TPSA) is 33.2 Å². The summed E-state index contributed by atoms with van der Waals surface area (Å²) in [5.74, 6) is -0.626. The summed E-state index contributed by atoms with van der Waals surface area (Å²) in [5, 5.41) is 0.424. The highest BCUT2D eigenvalue weighted by Crippen LogP contribution is 2.41. The van der Waals surface area contributed by atoms with E-state index in [1.165, 1.54) is 18.2 Å². The number of hydrogen-bond donors (Lipinski definition) is 0. The quantitative estimate of drug-likeness (QED) is 0.460. The molecule has 0 unspecified atom stereocenters. The Labute approximate surface area is 160 Å². The lowest BCUT2D eigenvalue weighted by atomic mass is 10.0. The summed E-state index contributed by atoms with van der Waals surface area (Å²) >= 11 is 5.79. The number of carbonyl (C=O) groups excluding carboxylic acids is 1. The molecule has 0 N–H and O–H groups in total. The van der Waals surface area contributed by atoms with E-state index >= 15 is 0 Å². The number of halogens is 3. The van der Waals surface area contributed by atoms with Crippen molar-refractivity contribution in [1.29, 1.82) is 0 Å². The van der Waals surface area contributed by atoms with Gasteiger partial charge >= 0.3 is 6.05 Å². The van der Waals surface area contributed by atoms with Crippen molar-refractivity contribution >= 4 is 17.5 Å². The molecule has 0 bridgehead atoms. The second kappa shape index (κ2) is 6.74. The minimum absolute atomic E-state index is 0.0532. The molecule has 2 heterocycles. The lowest BCUT2D eigenvalue weighted by molar-refractivity contribution is -0.121. The monoisotopic (exact) mass is 384 g/mol. The lowest BCUT2D eigenvalue weighted by Crippen LogP contribution is -2.38. The summed E-state index contributed by atoms with van der Waals surface area (Å²) in [7, 11) is 0. The number of nitrogens with zero attached hydrogens (tertiary/aromatic N) is 2. The van der Waals surface area contributed by atoms with Gasteiger partial charge in [-0.2, -0.15) is 8.78 Å². The van der Waals surface area contributed by atoms with Crippen LogP contribution in [0, 0.1) is 0 Å². The van der Waals surface area contributed by atoms with Crippen molar-refractivity contribution in [2.24, 2.45) is 0 Å². The first-order valence-electron chi connectivity index (χ1n) is 8.47. The summed E-state index contributed by atoms with van der Waals surface area (Å²) in [6.07, 6.45) is 2.02. The van der Waals surface area contributed by atoms with E-state index in [4.69, 9.17) is 11.6 Å². The Bertz CT molecular complexity index is 988. The molecule has 0 saturated heterocycles. The van der Waals surface area contributed by atoms with Gasteiger partial charge in [-0.15, -0.1) is 0 Å². The predicted octanol–water partition coefficient (Wildman–Crippen LogP) is 5.15. The van der Waals surface area contributed by atoms with E-state index < -0.39 is 12.0 Å². The highest BCUT2D eigenvalue weighted by molar-refractivity contribution is 6.29. The summed E-state index contributed by atoms with van der Waals surface area (Å²) in [6.45, 7) is -0.0532. The van der Waals surface area contributed by atoms with Gasteiger partial charge in [0.1, 0.15) is 5.15 Å². The molecule has 1 amide bonds. The van der Waals surface area contributed by atoms with Gasteiger partial charge < -0.3 is 0 Å². The summed E-state index contributed by atoms with van der Waals surface area (Å²) in [4.78, 5) is 17.0. The summed E-state index contributed by atoms with van der Waals surface area (Å²) in [6, 6.07) is 13.7. The average Bonchev–Trinajstić information content (AvgIpc) is 2.88. The van der Waals surface area contributed by atoms with E-state index in [9.17, 15) is 13.6 Å². The van der Waals surface area contributed by atoms with E-state index in [1.54, 1.807) is 18.3 Å². The van der Waals surface area contributed by atoms with Gasteiger partial charge in [0.25, 0.3) is 5.91 Å². The lowest BCUT2D eigenvalue weighted by Gasteiger charge is -2.24. The number of alkyl halides is 2. The third kappa shape index (κ3) is 3.19. The van der Waals surface area contributed by atoms with Gasteiger partial charge in [0, 0.05) is 18.3 Å². The first kappa shape index (κ1) is 17.6. The van der Waals surface area contributed by atoms with E-state index in [0.29, 0.717) is 16.5 Å². The minimum Gasteiger partial charge on any atom is -0.275 e. The van der Waals surface area contributed by atoms with Crippen LogP contribution in [0.2, 0.25) is 5.15 Å². The van der Waals surface area contributed by atoms with Gasteiger partial charge in [-0.25, -0.2) is 4.98 Å². The Kier molecular flexibility index (Phi) is 4.40. The molecule has 1 aliphatic rings. The van der Waals surface area contributed by atoms with Crippen molar-refractivity contribution in [3.8, 4) is 11.1 Å². The predicted molar refractivity (Wildman–Crippen MR) is 99.8 cm³/mol. The zero-order chi connectivity index (χ0) is 19.0. The van der Waals surface area contributed by atoms with E-state index in [2.05, 4.69) is 4.98 Å². The van der Waals surface area contributed by atoms with Gasteiger partial charge in [0.05, 0.1) is 11.1 Å². The van der Waals surface area contributed by atoms with Crippen LogP contribution >= 0.6 is 11.6 Å². The second-order valence-electron chi connectivity index (χ2n) is 6.36. The van der Waals surface area contributed by atoms with Gasteiger partial charge in [-0.1, -0.05) is 54.1 Å². The molecule has 0 spiro atoms. The fourth-order valence-corrected chi connectivity index (χ4v) is 3.36. The molecule has 136 valence electrons. The van der Waals surface area contributed by atoms with Crippen LogP contribution in [0.4, 0.5) is 8.78 Å². The highest BCUT2D eigenvalue weighted by Gasteiger charge is 2.50. The molecule has 3 aromatic rings. The molecule has 4 rings (SSSR count). The standard InChI is InChI=1S/C21H15ClF2N2O/c22-19-10-9-16(13-25-19)15-7-5-14(6-8-15)11-12-26-20(27)17-3-1-2-4-18(17)21(26,23)24/h1-10,13H,11-12H2. The minimum atomic E-state index is -3.28. The molecular weight excluding hydrogens is 370 g/mol. The zero-order valence-electron chi connectivity index (χ0n) is 14.2. The Balaban J connectivity index is 1.48. The number of benzene rings is 2. The molecule has 1 aliphatic heterocycles. The molecule has 27 heavy (non-hydrogen) atoms. The summed E-state index contributed by atoms with van der Waals surface area (Å²) < 4.78 is 29.1. The molecule has 0 radical (unpaired) electrons. The number of amides is 1. The third-order valence-corrected chi connectivity index (χ3v) is 4.93. The Morgan fingerprint density at radius 3 is 2.33 bits per heavy atom. The van der Waals surface area contributed by atoms with Gasteiger partial charge in [-0.3, -0.25) is 9.69 Å². The van der Waals surface area contributed by atoms with Crippen molar-refractivity contribution in [3.63, 3.8) is 0 Å². The van der Waals surface area contributed by atoms with Crippen LogP contribution in [0.3, 0.4) is 0 Å². The van der Waals surface area contributed by atoms with E-state index in [1.807, 2.05) is 30.3 Å². The maximum Gasteiger partial charge on any atom is 0.355 e. The zero-order valence-corrected chi connectivity index (χ0v) is 15.0. The average molecular weight is 385 g/mol. The molecule has 0 aliphatic carbocycles. The summed E-state index contributed by atoms with van der Waals surface area (Å²) in [5.41, 5.74) is 2.61. The van der Waals surface area contributed by atoms with Crippen LogP contribution < -0.4 is 0 Å². The van der Waals surface area contributed by atoms with Crippen LogP contribution in [0.5, 0.6) is 0 Å².